The average Bonchev–Trinajstić information content (AvgIpc) is 2.39. The Morgan fingerprint density at radius 2 is 2.05 bits per heavy atom. The summed E-state index contributed by atoms with van der Waals surface area (Å²) in [6.45, 7) is 2.70. The molecule has 0 bridgehead atoms. The molecule has 0 aliphatic rings. The molecule has 0 saturated carbocycles. The first-order valence-electron chi connectivity index (χ1n) is 5.93. The normalized spacial score (nSPS) is 10.3. The lowest BCUT2D eigenvalue weighted by molar-refractivity contribution is 0.410. The minimum absolute atomic E-state index is 0.630. The monoisotopic (exact) mass is 339 g/mol. The summed E-state index contributed by atoms with van der Waals surface area (Å²) >= 11 is 9.67. The van der Waals surface area contributed by atoms with E-state index in [9.17, 15) is 0 Å². The molecule has 2 rings (SSSR count). The van der Waals surface area contributed by atoms with Gasteiger partial charge in [-0.3, -0.25) is 0 Å². The van der Waals surface area contributed by atoms with E-state index < -0.39 is 0 Å². The van der Waals surface area contributed by atoms with Gasteiger partial charge >= 0.3 is 0 Å². The Bertz CT molecular complexity index is 586. The fraction of sp³-hybridized carbons (Fsp3) is 0.200. The van der Waals surface area contributed by atoms with E-state index in [-0.39, 0.29) is 0 Å². The molecule has 100 valence electrons. The Morgan fingerprint density at radius 1 is 1.26 bits per heavy atom. The van der Waals surface area contributed by atoms with Crippen molar-refractivity contribution in [3.05, 3.63) is 57.0 Å². The second-order valence-electron chi connectivity index (χ2n) is 4.23. The van der Waals surface area contributed by atoms with Gasteiger partial charge in [0.15, 0.2) is 0 Å². The molecule has 0 spiro atoms. The van der Waals surface area contributed by atoms with Crippen LogP contribution < -0.4 is 10.1 Å². The van der Waals surface area contributed by atoms with E-state index in [1.807, 2.05) is 30.3 Å². The predicted octanol–water partition coefficient (Wildman–Crippen LogP) is 5.03. The molecule has 1 N–H and O–H groups in total. The van der Waals surface area contributed by atoms with Crippen LogP contribution in [0.2, 0.25) is 5.02 Å². The number of rotatable bonds is 4. The number of hydrogen-bond acceptors (Lipinski definition) is 2. The van der Waals surface area contributed by atoms with Crippen molar-refractivity contribution in [1.29, 1.82) is 0 Å². The van der Waals surface area contributed by atoms with Crippen molar-refractivity contribution in [2.75, 3.05) is 12.4 Å². The van der Waals surface area contributed by atoms with Crippen molar-refractivity contribution in [2.45, 2.75) is 13.5 Å². The van der Waals surface area contributed by atoms with Crippen LogP contribution in [0.25, 0.3) is 0 Å². The van der Waals surface area contributed by atoms with Gasteiger partial charge in [-0.2, -0.15) is 0 Å². The zero-order valence-electron chi connectivity index (χ0n) is 10.8. The molecule has 19 heavy (non-hydrogen) atoms. The van der Waals surface area contributed by atoms with Gasteiger partial charge in [-0.05, 0) is 42.8 Å². The number of halogens is 2. The second-order valence-corrected chi connectivity index (χ2v) is 5.56. The zero-order chi connectivity index (χ0) is 13.8. The van der Waals surface area contributed by atoms with Gasteiger partial charge in [0, 0.05) is 27.3 Å². The molecule has 0 aliphatic carbocycles. The first-order valence-corrected chi connectivity index (χ1v) is 7.10. The molecule has 2 aromatic rings. The lowest BCUT2D eigenvalue weighted by Gasteiger charge is -2.13. The number of ether oxygens (including phenoxy) is 1. The minimum atomic E-state index is 0.630. The van der Waals surface area contributed by atoms with Crippen LogP contribution in [0.5, 0.6) is 5.75 Å². The van der Waals surface area contributed by atoms with Crippen molar-refractivity contribution in [3.8, 4) is 5.75 Å². The maximum Gasteiger partial charge on any atom is 0.125 e. The van der Waals surface area contributed by atoms with E-state index in [1.54, 1.807) is 7.11 Å². The molecule has 0 radical (unpaired) electrons. The highest BCUT2D eigenvalue weighted by Gasteiger charge is 2.08. The summed E-state index contributed by atoms with van der Waals surface area (Å²) < 4.78 is 6.41. The standard InChI is InChI=1S/C15H15BrClNO/c1-10-8-11(16)6-7-14(10)18-9-12-13(17)4-3-5-15(12)19-2/h3-8,18H,9H2,1-2H3. The Morgan fingerprint density at radius 3 is 2.74 bits per heavy atom. The maximum absolute atomic E-state index is 6.21. The summed E-state index contributed by atoms with van der Waals surface area (Å²) in [6.07, 6.45) is 0. The highest BCUT2D eigenvalue weighted by Crippen LogP contribution is 2.28. The van der Waals surface area contributed by atoms with Crippen molar-refractivity contribution in [2.24, 2.45) is 0 Å². The van der Waals surface area contributed by atoms with Crippen molar-refractivity contribution in [3.63, 3.8) is 0 Å². The summed E-state index contributed by atoms with van der Waals surface area (Å²) in [5, 5.41) is 4.10. The molecular weight excluding hydrogens is 326 g/mol. The SMILES string of the molecule is COc1cccc(Cl)c1CNc1ccc(Br)cc1C. The zero-order valence-corrected chi connectivity index (χ0v) is 13.2. The predicted molar refractivity (Wildman–Crippen MR) is 84.2 cm³/mol. The van der Waals surface area contributed by atoms with Gasteiger partial charge in [-0.25, -0.2) is 0 Å². The Hall–Kier alpha value is -1.19. The summed E-state index contributed by atoms with van der Waals surface area (Å²) in [7, 11) is 1.65. The van der Waals surface area contributed by atoms with E-state index in [0.29, 0.717) is 11.6 Å². The molecule has 0 saturated heterocycles. The first-order chi connectivity index (χ1) is 9.11. The molecule has 0 heterocycles. The molecule has 0 aromatic heterocycles. The summed E-state index contributed by atoms with van der Waals surface area (Å²) in [5.74, 6) is 0.801. The summed E-state index contributed by atoms with van der Waals surface area (Å²) in [4.78, 5) is 0. The molecule has 0 aliphatic heterocycles. The molecule has 0 unspecified atom stereocenters. The number of methoxy groups -OCH3 is 1. The third kappa shape index (κ3) is 3.43. The number of nitrogens with one attached hydrogen (secondary N) is 1. The van der Waals surface area contributed by atoms with Crippen molar-refractivity contribution >= 4 is 33.2 Å². The largest absolute Gasteiger partial charge is 0.496 e. The second kappa shape index (κ2) is 6.31. The summed E-state index contributed by atoms with van der Waals surface area (Å²) in [6, 6.07) is 11.8. The van der Waals surface area contributed by atoms with Gasteiger partial charge in [-0.1, -0.05) is 33.6 Å². The fourth-order valence-electron chi connectivity index (χ4n) is 1.91. The van der Waals surface area contributed by atoms with Crippen LogP contribution >= 0.6 is 27.5 Å². The molecule has 0 fully saturated rings. The highest BCUT2D eigenvalue weighted by molar-refractivity contribution is 9.10. The molecule has 4 heteroatoms. The van der Waals surface area contributed by atoms with Crippen LogP contribution in [0.4, 0.5) is 5.69 Å². The fourth-order valence-corrected chi connectivity index (χ4v) is 2.62. The number of anilines is 1. The first kappa shape index (κ1) is 14.2. The third-order valence-electron chi connectivity index (χ3n) is 2.94. The molecule has 0 amide bonds. The van der Waals surface area contributed by atoms with Gasteiger partial charge in [-0.15, -0.1) is 0 Å². The van der Waals surface area contributed by atoms with E-state index in [1.165, 1.54) is 5.56 Å². The van der Waals surface area contributed by atoms with Gasteiger partial charge in [0.25, 0.3) is 0 Å². The Kier molecular flexibility index (Phi) is 4.72. The maximum atomic E-state index is 6.21. The molecular formula is C15H15BrClNO. The molecule has 0 atom stereocenters. The van der Waals surface area contributed by atoms with E-state index >= 15 is 0 Å². The number of hydrogen-bond donors (Lipinski definition) is 1. The summed E-state index contributed by atoms with van der Waals surface area (Å²) in [5.41, 5.74) is 3.24. The van der Waals surface area contributed by atoms with Crippen molar-refractivity contribution < 1.29 is 4.74 Å². The average molecular weight is 341 g/mol. The topological polar surface area (TPSA) is 21.3 Å². The quantitative estimate of drug-likeness (QED) is 0.842. The van der Waals surface area contributed by atoms with Crippen LogP contribution in [0.1, 0.15) is 11.1 Å². The van der Waals surface area contributed by atoms with Crippen LogP contribution in [0, 0.1) is 6.92 Å². The lowest BCUT2D eigenvalue weighted by atomic mass is 10.1. The van der Waals surface area contributed by atoms with E-state index in [2.05, 4.69) is 34.2 Å². The minimum Gasteiger partial charge on any atom is -0.496 e. The Labute approximate surface area is 126 Å². The van der Waals surface area contributed by atoms with Crippen LogP contribution in [-0.4, -0.2) is 7.11 Å². The Balaban J connectivity index is 2.19. The number of aryl methyl sites for hydroxylation is 1. The third-order valence-corrected chi connectivity index (χ3v) is 3.79. The van der Waals surface area contributed by atoms with Gasteiger partial charge in [0.1, 0.15) is 5.75 Å². The number of benzene rings is 2. The lowest BCUT2D eigenvalue weighted by Crippen LogP contribution is -2.03. The van der Waals surface area contributed by atoms with Gasteiger partial charge < -0.3 is 10.1 Å². The van der Waals surface area contributed by atoms with Crippen LogP contribution in [0.15, 0.2) is 40.9 Å². The van der Waals surface area contributed by atoms with Crippen LogP contribution in [-0.2, 0) is 6.54 Å². The molecule has 2 nitrogen and oxygen atoms in total. The smallest absolute Gasteiger partial charge is 0.125 e. The highest BCUT2D eigenvalue weighted by atomic mass is 79.9. The van der Waals surface area contributed by atoms with Crippen molar-refractivity contribution in [1.82, 2.24) is 0 Å². The van der Waals surface area contributed by atoms with E-state index in [4.69, 9.17) is 16.3 Å². The van der Waals surface area contributed by atoms with Gasteiger partial charge in [0.2, 0.25) is 0 Å². The molecule has 2 aromatic carbocycles. The van der Waals surface area contributed by atoms with Crippen LogP contribution in [0.3, 0.4) is 0 Å². The van der Waals surface area contributed by atoms with E-state index in [0.717, 1.165) is 21.5 Å². The van der Waals surface area contributed by atoms with Gasteiger partial charge in [0.05, 0.1) is 7.11 Å².